The Morgan fingerprint density at radius 1 is 0.931 bits per heavy atom. The molecule has 1 saturated heterocycles. The topological polar surface area (TPSA) is 72.9 Å². The largest absolute Gasteiger partial charge is 0.493 e. The number of carbonyl (C=O) groups excluding carboxylic acids is 1. The lowest BCUT2D eigenvalue weighted by atomic mass is 10.1. The van der Waals surface area contributed by atoms with E-state index in [0.717, 1.165) is 24.8 Å². The molecule has 154 valence electrons. The van der Waals surface area contributed by atoms with Crippen LogP contribution < -0.4 is 9.47 Å². The molecule has 29 heavy (non-hydrogen) atoms. The molecule has 2 aromatic rings. The van der Waals surface area contributed by atoms with Gasteiger partial charge in [0.05, 0.1) is 19.1 Å². The van der Waals surface area contributed by atoms with Crippen LogP contribution in [0.4, 0.5) is 0 Å². The lowest BCUT2D eigenvalue weighted by Crippen LogP contribution is -2.35. The maximum Gasteiger partial charge on any atom is 0.243 e. The van der Waals surface area contributed by atoms with Gasteiger partial charge in [-0.2, -0.15) is 4.31 Å². The van der Waals surface area contributed by atoms with Gasteiger partial charge in [-0.3, -0.25) is 4.79 Å². The predicted octanol–water partition coefficient (Wildman–Crippen LogP) is 3.77. The van der Waals surface area contributed by atoms with E-state index in [2.05, 4.69) is 0 Å². The quantitative estimate of drug-likeness (QED) is 0.508. The molecule has 1 aliphatic rings. The van der Waals surface area contributed by atoms with Crippen LogP contribution in [0.3, 0.4) is 0 Å². The van der Waals surface area contributed by atoms with Crippen LogP contribution in [0, 0.1) is 0 Å². The van der Waals surface area contributed by atoms with E-state index in [1.165, 1.54) is 22.5 Å². The Morgan fingerprint density at radius 2 is 1.59 bits per heavy atom. The van der Waals surface area contributed by atoms with Gasteiger partial charge in [-0.15, -0.1) is 0 Å². The van der Waals surface area contributed by atoms with Crippen molar-refractivity contribution in [1.82, 2.24) is 4.31 Å². The van der Waals surface area contributed by atoms with Gasteiger partial charge in [0.2, 0.25) is 10.0 Å². The van der Waals surface area contributed by atoms with E-state index in [-0.39, 0.29) is 10.7 Å². The monoisotopic (exact) mass is 415 g/mol. The van der Waals surface area contributed by atoms with Gasteiger partial charge in [0, 0.05) is 18.7 Å². The summed E-state index contributed by atoms with van der Waals surface area (Å²) in [6.07, 6.45) is 5.97. The van der Waals surface area contributed by atoms with Crippen LogP contribution in [-0.4, -0.2) is 45.8 Å². The highest BCUT2D eigenvalue weighted by Gasteiger charge is 2.25. The number of rotatable bonds is 7. The van der Waals surface area contributed by atoms with Crippen LogP contribution in [0.25, 0.3) is 6.08 Å². The van der Waals surface area contributed by atoms with Crippen molar-refractivity contribution in [2.75, 3.05) is 27.3 Å². The summed E-state index contributed by atoms with van der Waals surface area (Å²) in [4.78, 5) is 12.7. The van der Waals surface area contributed by atoms with Gasteiger partial charge in [0.25, 0.3) is 0 Å². The molecule has 7 heteroatoms. The highest BCUT2D eigenvalue weighted by molar-refractivity contribution is 7.89. The first-order chi connectivity index (χ1) is 14.0. The summed E-state index contributed by atoms with van der Waals surface area (Å²) in [6, 6.07) is 11.5. The third kappa shape index (κ3) is 4.86. The Balaban J connectivity index is 1.73. The number of benzene rings is 2. The van der Waals surface area contributed by atoms with Crippen molar-refractivity contribution < 1.29 is 22.7 Å². The van der Waals surface area contributed by atoms with Crippen LogP contribution in [0.1, 0.15) is 35.2 Å². The van der Waals surface area contributed by atoms with E-state index in [0.29, 0.717) is 30.2 Å². The molecule has 3 rings (SSSR count). The molecule has 1 fully saturated rings. The second-order valence-electron chi connectivity index (χ2n) is 6.80. The minimum absolute atomic E-state index is 0.207. The molecule has 2 aromatic carbocycles. The van der Waals surface area contributed by atoms with Crippen molar-refractivity contribution >= 4 is 21.9 Å². The smallest absolute Gasteiger partial charge is 0.243 e. The van der Waals surface area contributed by atoms with Gasteiger partial charge in [0.1, 0.15) is 0 Å². The third-order valence-corrected chi connectivity index (χ3v) is 6.84. The second kappa shape index (κ2) is 9.24. The predicted molar refractivity (Wildman–Crippen MR) is 112 cm³/mol. The molecule has 1 heterocycles. The molecule has 0 aliphatic carbocycles. The minimum Gasteiger partial charge on any atom is -0.493 e. The van der Waals surface area contributed by atoms with E-state index in [4.69, 9.17) is 9.47 Å². The lowest BCUT2D eigenvalue weighted by Gasteiger charge is -2.25. The van der Waals surface area contributed by atoms with Crippen molar-refractivity contribution in [3.05, 3.63) is 59.7 Å². The molecule has 0 aromatic heterocycles. The number of ketones is 1. The molecule has 0 atom stereocenters. The zero-order valence-corrected chi connectivity index (χ0v) is 17.4. The minimum atomic E-state index is -3.50. The maximum absolute atomic E-state index is 12.7. The van der Waals surface area contributed by atoms with Gasteiger partial charge >= 0.3 is 0 Å². The summed E-state index contributed by atoms with van der Waals surface area (Å²) in [7, 11) is -0.383. The summed E-state index contributed by atoms with van der Waals surface area (Å²) in [6.45, 7) is 1.11. The Labute approximate surface area is 171 Å². The molecule has 6 nitrogen and oxygen atoms in total. The summed E-state index contributed by atoms with van der Waals surface area (Å²) in [5.74, 6) is 0.984. The average molecular weight is 416 g/mol. The third-order valence-electron chi connectivity index (χ3n) is 4.93. The first-order valence-corrected chi connectivity index (χ1v) is 10.9. The average Bonchev–Trinajstić information content (AvgIpc) is 2.77. The fraction of sp³-hybridized carbons (Fsp3) is 0.318. The number of hydrogen-bond donors (Lipinski definition) is 0. The Hall–Kier alpha value is -2.64. The number of nitrogens with zero attached hydrogens (tertiary/aromatic N) is 1. The van der Waals surface area contributed by atoms with Crippen LogP contribution in [0.5, 0.6) is 11.5 Å². The number of carbonyl (C=O) groups is 1. The van der Waals surface area contributed by atoms with Gasteiger partial charge in [-0.1, -0.05) is 18.6 Å². The Kier molecular flexibility index (Phi) is 6.71. The fourth-order valence-corrected chi connectivity index (χ4v) is 4.79. The van der Waals surface area contributed by atoms with Crippen molar-refractivity contribution in [2.45, 2.75) is 24.2 Å². The molecule has 0 unspecified atom stereocenters. The summed E-state index contributed by atoms with van der Waals surface area (Å²) < 4.78 is 37.4. The molecule has 0 bridgehead atoms. The van der Waals surface area contributed by atoms with Crippen molar-refractivity contribution in [1.29, 1.82) is 0 Å². The number of ether oxygens (including phenoxy) is 2. The molecule has 1 aliphatic heterocycles. The molecule has 0 N–H and O–H groups in total. The normalized spacial score (nSPS) is 15.4. The van der Waals surface area contributed by atoms with E-state index < -0.39 is 10.0 Å². The number of sulfonamides is 1. The zero-order chi connectivity index (χ0) is 20.9. The second-order valence-corrected chi connectivity index (χ2v) is 8.74. The highest BCUT2D eigenvalue weighted by Crippen LogP contribution is 2.28. The fourth-order valence-electron chi connectivity index (χ4n) is 3.27. The highest BCUT2D eigenvalue weighted by atomic mass is 32.2. The summed E-state index contributed by atoms with van der Waals surface area (Å²) in [5, 5.41) is 0. The van der Waals surface area contributed by atoms with Crippen LogP contribution in [0.2, 0.25) is 0 Å². The van der Waals surface area contributed by atoms with E-state index in [9.17, 15) is 13.2 Å². The molecular weight excluding hydrogens is 390 g/mol. The number of hydrogen-bond acceptors (Lipinski definition) is 5. The van der Waals surface area contributed by atoms with Gasteiger partial charge in [-0.25, -0.2) is 8.42 Å². The summed E-state index contributed by atoms with van der Waals surface area (Å²) >= 11 is 0. The maximum atomic E-state index is 12.7. The van der Waals surface area contributed by atoms with E-state index in [1.54, 1.807) is 44.6 Å². The van der Waals surface area contributed by atoms with Crippen molar-refractivity contribution in [3.8, 4) is 11.5 Å². The zero-order valence-electron chi connectivity index (χ0n) is 16.6. The SMILES string of the molecule is COc1ccc(/C=C/C(=O)c2ccc(S(=O)(=O)N3CCCCC3)cc2)cc1OC. The van der Waals surface area contributed by atoms with Gasteiger partial charge < -0.3 is 9.47 Å². The summed E-state index contributed by atoms with van der Waals surface area (Å²) in [5.41, 5.74) is 1.22. The van der Waals surface area contributed by atoms with Crippen LogP contribution in [-0.2, 0) is 10.0 Å². The number of methoxy groups -OCH3 is 2. The van der Waals surface area contributed by atoms with Crippen molar-refractivity contribution in [2.24, 2.45) is 0 Å². The Morgan fingerprint density at radius 3 is 2.21 bits per heavy atom. The Bertz CT molecular complexity index is 990. The van der Waals surface area contributed by atoms with Gasteiger partial charge in [0.15, 0.2) is 17.3 Å². The molecule has 0 spiro atoms. The van der Waals surface area contributed by atoms with Crippen molar-refractivity contribution in [3.63, 3.8) is 0 Å². The van der Waals surface area contributed by atoms with Crippen LogP contribution in [0.15, 0.2) is 53.4 Å². The van der Waals surface area contributed by atoms with E-state index >= 15 is 0 Å². The molecule has 0 radical (unpaired) electrons. The molecule has 0 saturated carbocycles. The first kappa shape index (κ1) is 21.1. The van der Waals surface area contributed by atoms with Crippen LogP contribution >= 0.6 is 0 Å². The number of allylic oxidation sites excluding steroid dienone is 1. The lowest BCUT2D eigenvalue weighted by molar-refractivity contribution is 0.104. The number of piperidine rings is 1. The standard InChI is InChI=1S/C22H25NO5S/c1-27-21-13-7-17(16-22(21)28-2)6-12-20(24)18-8-10-19(11-9-18)29(25,26)23-14-4-3-5-15-23/h6-13,16H,3-5,14-15H2,1-2H3/b12-6+. The van der Waals surface area contributed by atoms with Gasteiger partial charge in [-0.05, 0) is 60.9 Å². The van der Waals surface area contributed by atoms with E-state index in [1.807, 2.05) is 6.07 Å². The first-order valence-electron chi connectivity index (χ1n) is 9.50. The molecular formula is C22H25NO5S. The molecule has 0 amide bonds.